The van der Waals surface area contributed by atoms with E-state index < -0.39 is 5.54 Å². The van der Waals surface area contributed by atoms with Crippen molar-refractivity contribution in [2.75, 3.05) is 13.7 Å². The Balaban J connectivity index is 2.73. The Morgan fingerprint density at radius 1 is 1.56 bits per heavy atom. The Morgan fingerprint density at radius 3 is 2.67 bits per heavy atom. The van der Waals surface area contributed by atoms with Crippen molar-refractivity contribution in [2.24, 2.45) is 0 Å². The van der Waals surface area contributed by atoms with Gasteiger partial charge in [0.2, 0.25) is 0 Å². The normalized spacial score (nSPS) is 14.3. The molecule has 0 aromatic carbocycles. The SMILES string of the molecule is CCNC(C)(CCn1nc(C)cc1C)C(=O)OC. The second-order valence-corrected chi connectivity index (χ2v) is 4.75. The standard InChI is InChI=1S/C13H23N3O2/c1-6-14-13(4,12(17)18-5)7-8-16-11(3)9-10(2)15-16/h9,14H,6-8H2,1-5H3. The lowest BCUT2D eigenvalue weighted by molar-refractivity contribution is -0.148. The molecule has 0 amide bonds. The van der Waals surface area contributed by atoms with E-state index in [0.717, 1.165) is 17.9 Å². The molecular formula is C13H23N3O2. The second-order valence-electron chi connectivity index (χ2n) is 4.75. The molecule has 0 saturated heterocycles. The average molecular weight is 253 g/mol. The van der Waals surface area contributed by atoms with E-state index in [0.29, 0.717) is 13.0 Å². The zero-order chi connectivity index (χ0) is 13.8. The lowest BCUT2D eigenvalue weighted by atomic mass is 9.98. The topological polar surface area (TPSA) is 56.2 Å². The lowest BCUT2D eigenvalue weighted by Crippen LogP contribution is -2.50. The molecule has 102 valence electrons. The highest BCUT2D eigenvalue weighted by molar-refractivity contribution is 5.80. The zero-order valence-corrected chi connectivity index (χ0v) is 11.9. The molecule has 1 rings (SSSR count). The first-order valence-corrected chi connectivity index (χ1v) is 6.27. The predicted octanol–water partition coefficient (Wildman–Crippen LogP) is 1.43. The van der Waals surface area contributed by atoms with Gasteiger partial charge < -0.3 is 10.1 Å². The van der Waals surface area contributed by atoms with Crippen molar-refractivity contribution in [3.8, 4) is 0 Å². The molecule has 5 nitrogen and oxygen atoms in total. The summed E-state index contributed by atoms with van der Waals surface area (Å²) in [6.07, 6.45) is 0.648. The Labute approximate surface area is 109 Å². The Morgan fingerprint density at radius 2 is 2.22 bits per heavy atom. The van der Waals surface area contributed by atoms with E-state index in [-0.39, 0.29) is 5.97 Å². The number of likely N-dealkylation sites (N-methyl/N-ethyl adjacent to an activating group) is 1. The third kappa shape index (κ3) is 3.32. The maximum absolute atomic E-state index is 11.8. The molecule has 1 aromatic rings. The van der Waals surface area contributed by atoms with E-state index in [1.165, 1.54) is 7.11 Å². The fourth-order valence-corrected chi connectivity index (χ4v) is 2.11. The average Bonchev–Trinajstić information content (AvgIpc) is 2.64. The third-order valence-corrected chi connectivity index (χ3v) is 3.13. The van der Waals surface area contributed by atoms with Crippen LogP contribution in [-0.4, -0.2) is 34.9 Å². The highest BCUT2D eigenvalue weighted by Gasteiger charge is 2.33. The molecule has 0 aliphatic rings. The summed E-state index contributed by atoms with van der Waals surface area (Å²) in [5.74, 6) is -0.231. The van der Waals surface area contributed by atoms with Crippen LogP contribution >= 0.6 is 0 Å². The number of nitrogens with zero attached hydrogens (tertiary/aromatic N) is 2. The molecule has 5 heteroatoms. The molecule has 1 unspecified atom stereocenters. The first-order chi connectivity index (χ1) is 8.42. The van der Waals surface area contributed by atoms with Crippen molar-refractivity contribution < 1.29 is 9.53 Å². The van der Waals surface area contributed by atoms with Gasteiger partial charge in [-0.05, 0) is 39.8 Å². The van der Waals surface area contributed by atoms with Crippen LogP contribution in [-0.2, 0) is 16.1 Å². The van der Waals surface area contributed by atoms with Gasteiger partial charge in [0.1, 0.15) is 5.54 Å². The number of aromatic nitrogens is 2. The predicted molar refractivity (Wildman–Crippen MR) is 70.4 cm³/mol. The number of carbonyl (C=O) groups is 1. The largest absolute Gasteiger partial charge is 0.468 e. The van der Waals surface area contributed by atoms with Crippen LogP contribution in [0.15, 0.2) is 6.07 Å². The zero-order valence-electron chi connectivity index (χ0n) is 11.9. The first-order valence-electron chi connectivity index (χ1n) is 6.27. The van der Waals surface area contributed by atoms with Crippen molar-refractivity contribution in [2.45, 2.75) is 46.2 Å². The molecule has 1 aromatic heterocycles. The Hall–Kier alpha value is -1.36. The van der Waals surface area contributed by atoms with Crippen molar-refractivity contribution >= 4 is 5.97 Å². The van der Waals surface area contributed by atoms with Crippen molar-refractivity contribution in [1.82, 2.24) is 15.1 Å². The molecular weight excluding hydrogens is 230 g/mol. The van der Waals surface area contributed by atoms with E-state index in [9.17, 15) is 4.79 Å². The van der Waals surface area contributed by atoms with Crippen molar-refractivity contribution in [3.63, 3.8) is 0 Å². The maximum atomic E-state index is 11.8. The van der Waals surface area contributed by atoms with Crippen LogP contribution in [0.1, 0.15) is 31.7 Å². The molecule has 0 saturated carbocycles. The van der Waals surface area contributed by atoms with E-state index in [2.05, 4.69) is 10.4 Å². The van der Waals surface area contributed by atoms with Gasteiger partial charge in [-0.2, -0.15) is 5.10 Å². The van der Waals surface area contributed by atoms with E-state index >= 15 is 0 Å². The van der Waals surface area contributed by atoms with Gasteiger partial charge in [-0.15, -0.1) is 0 Å². The number of nitrogens with one attached hydrogen (secondary N) is 1. The number of aryl methyl sites for hydroxylation is 3. The van der Waals surface area contributed by atoms with Crippen LogP contribution in [0.25, 0.3) is 0 Å². The molecule has 0 aliphatic heterocycles. The molecule has 1 N–H and O–H groups in total. The Kier molecular flexibility index (Phi) is 4.90. The summed E-state index contributed by atoms with van der Waals surface area (Å²) in [5.41, 5.74) is 1.45. The van der Waals surface area contributed by atoms with Crippen molar-refractivity contribution in [1.29, 1.82) is 0 Å². The molecule has 0 spiro atoms. The van der Waals surface area contributed by atoms with Gasteiger partial charge in [-0.1, -0.05) is 6.92 Å². The number of carbonyl (C=O) groups excluding carboxylic acids is 1. The first kappa shape index (κ1) is 14.7. The number of ether oxygens (including phenoxy) is 1. The number of hydrogen-bond donors (Lipinski definition) is 1. The molecule has 1 heterocycles. The molecule has 1 atom stereocenters. The molecule has 0 fully saturated rings. The molecule has 0 radical (unpaired) electrons. The number of hydrogen-bond acceptors (Lipinski definition) is 4. The molecule has 0 bridgehead atoms. The fraction of sp³-hybridized carbons (Fsp3) is 0.692. The number of esters is 1. The summed E-state index contributed by atoms with van der Waals surface area (Å²) in [4.78, 5) is 11.8. The summed E-state index contributed by atoms with van der Waals surface area (Å²) in [5, 5.41) is 7.59. The van der Waals surface area contributed by atoms with Gasteiger partial charge in [0, 0.05) is 12.2 Å². The Bertz CT molecular complexity index is 414. The second kappa shape index (κ2) is 6.00. The number of methoxy groups -OCH3 is 1. The summed E-state index contributed by atoms with van der Waals surface area (Å²) >= 11 is 0. The van der Waals surface area contributed by atoms with Crippen molar-refractivity contribution in [3.05, 3.63) is 17.5 Å². The molecule has 18 heavy (non-hydrogen) atoms. The minimum absolute atomic E-state index is 0.231. The van der Waals surface area contributed by atoms with Gasteiger partial charge in [0.25, 0.3) is 0 Å². The fourth-order valence-electron chi connectivity index (χ4n) is 2.11. The van der Waals surface area contributed by atoms with Crippen LogP contribution in [0.5, 0.6) is 0 Å². The highest BCUT2D eigenvalue weighted by atomic mass is 16.5. The minimum atomic E-state index is -0.657. The van der Waals surface area contributed by atoms with Crippen LogP contribution in [0, 0.1) is 13.8 Å². The summed E-state index contributed by atoms with van der Waals surface area (Å²) in [7, 11) is 1.42. The maximum Gasteiger partial charge on any atom is 0.325 e. The lowest BCUT2D eigenvalue weighted by Gasteiger charge is -2.27. The van der Waals surface area contributed by atoms with Gasteiger partial charge >= 0.3 is 5.97 Å². The highest BCUT2D eigenvalue weighted by Crippen LogP contribution is 2.14. The van der Waals surface area contributed by atoms with Gasteiger partial charge in [0.15, 0.2) is 0 Å². The quantitative estimate of drug-likeness (QED) is 0.779. The summed E-state index contributed by atoms with van der Waals surface area (Å²) in [6.45, 7) is 9.25. The molecule has 0 aliphatic carbocycles. The van der Waals surface area contributed by atoms with Gasteiger partial charge in [-0.3, -0.25) is 9.48 Å². The van der Waals surface area contributed by atoms with E-state index in [1.807, 2.05) is 38.4 Å². The van der Waals surface area contributed by atoms with Crippen LogP contribution in [0.2, 0.25) is 0 Å². The summed E-state index contributed by atoms with van der Waals surface area (Å²) < 4.78 is 6.79. The van der Waals surface area contributed by atoms with Crippen LogP contribution in [0.4, 0.5) is 0 Å². The minimum Gasteiger partial charge on any atom is -0.468 e. The van der Waals surface area contributed by atoms with Crippen LogP contribution in [0.3, 0.4) is 0 Å². The van der Waals surface area contributed by atoms with Crippen LogP contribution < -0.4 is 5.32 Å². The van der Waals surface area contributed by atoms with Gasteiger partial charge in [0.05, 0.1) is 12.8 Å². The monoisotopic (exact) mass is 253 g/mol. The van der Waals surface area contributed by atoms with Gasteiger partial charge in [-0.25, -0.2) is 0 Å². The smallest absolute Gasteiger partial charge is 0.325 e. The third-order valence-electron chi connectivity index (χ3n) is 3.13. The number of rotatable bonds is 6. The van der Waals surface area contributed by atoms with E-state index in [1.54, 1.807) is 0 Å². The summed E-state index contributed by atoms with van der Waals surface area (Å²) in [6, 6.07) is 2.03. The van der Waals surface area contributed by atoms with E-state index in [4.69, 9.17) is 4.74 Å².